The highest BCUT2D eigenvalue weighted by Gasteiger charge is 2.21. The number of rotatable bonds is 7. The summed E-state index contributed by atoms with van der Waals surface area (Å²) in [5.41, 5.74) is 1.09. The Kier molecular flexibility index (Phi) is 6.68. The second-order valence-corrected chi connectivity index (χ2v) is 4.82. The fraction of sp³-hybridized carbons (Fsp3) is 0.467. The molecule has 21 heavy (non-hydrogen) atoms. The molecule has 0 fully saturated rings. The van der Waals surface area contributed by atoms with Gasteiger partial charge < -0.3 is 14.8 Å². The molecule has 0 saturated carbocycles. The maximum absolute atomic E-state index is 11.6. The Morgan fingerprint density at radius 1 is 1.24 bits per heavy atom. The molecule has 1 unspecified atom stereocenters. The standard InChI is InChI=1S/C15H22N2O4/c1-11(18)16-14(15(19)21-4)10-17(2)9-12-5-7-13(20-3)8-6-12/h5-8,14H,9-10H2,1-4H3,(H,16,18). The van der Waals surface area contributed by atoms with E-state index in [2.05, 4.69) is 5.32 Å². The van der Waals surface area contributed by atoms with Gasteiger partial charge in [0.1, 0.15) is 11.8 Å². The second kappa shape index (κ2) is 8.26. The van der Waals surface area contributed by atoms with Gasteiger partial charge in [-0.1, -0.05) is 12.1 Å². The van der Waals surface area contributed by atoms with Crippen molar-refractivity contribution in [3.8, 4) is 5.75 Å². The van der Waals surface area contributed by atoms with E-state index in [4.69, 9.17) is 9.47 Å². The number of carbonyl (C=O) groups excluding carboxylic acids is 2. The highest BCUT2D eigenvalue weighted by atomic mass is 16.5. The van der Waals surface area contributed by atoms with E-state index in [-0.39, 0.29) is 5.91 Å². The van der Waals surface area contributed by atoms with Gasteiger partial charge in [0.15, 0.2) is 0 Å². The van der Waals surface area contributed by atoms with Crippen LogP contribution in [-0.2, 0) is 20.9 Å². The Morgan fingerprint density at radius 2 is 1.86 bits per heavy atom. The third kappa shape index (κ3) is 5.83. The van der Waals surface area contributed by atoms with Crippen LogP contribution >= 0.6 is 0 Å². The maximum atomic E-state index is 11.6. The predicted octanol–water partition coefficient (Wildman–Crippen LogP) is 0.805. The first kappa shape index (κ1) is 17.0. The number of benzene rings is 1. The fourth-order valence-electron chi connectivity index (χ4n) is 1.99. The zero-order valence-corrected chi connectivity index (χ0v) is 12.9. The van der Waals surface area contributed by atoms with Gasteiger partial charge in [-0.2, -0.15) is 0 Å². The maximum Gasteiger partial charge on any atom is 0.329 e. The van der Waals surface area contributed by atoms with Crippen molar-refractivity contribution in [1.82, 2.24) is 10.2 Å². The molecule has 0 aliphatic carbocycles. The minimum atomic E-state index is -0.671. The number of hydrogen-bond acceptors (Lipinski definition) is 5. The van der Waals surface area contributed by atoms with Crippen LogP contribution in [0.3, 0.4) is 0 Å². The number of ether oxygens (including phenoxy) is 2. The molecule has 0 bridgehead atoms. The van der Waals surface area contributed by atoms with Crippen LogP contribution in [-0.4, -0.2) is 50.6 Å². The monoisotopic (exact) mass is 294 g/mol. The minimum absolute atomic E-state index is 0.261. The van der Waals surface area contributed by atoms with E-state index in [1.54, 1.807) is 7.11 Å². The molecule has 1 atom stereocenters. The molecule has 0 aliphatic heterocycles. The highest BCUT2D eigenvalue weighted by molar-refractivity contribution is 5.83. The molecule has 116 valence electrons. The van der Waals surface area contributed by atoms with E-state index in [1.165, 1.54) is 14.0 Å². The zero-order valence-electron chi connectivity index (χ0n) is 12.9. The molecule has 0 heterocycles. The third-order valence-electron chi connectivity index (χ3n) is 2.97. The average Bonchev–Trinajstić information content (AvgIpc) is 2.46. The molecule has 6 heteroatoms. The average molecular weight is 294 g/mol. The molecular weight excluding hydrogens is 272 g/mol. The van der Waals surface area contributed by atoms with Crippen molar-refractivity contribution in [2.24, 2.45) is 0 Å². The second-order valence-electron chi connectivity index (χ2n) is 4.82. The van der Waals surface area contributed by atoms with Crippen LogP contribution in [0, 0.1) is 0 Å². The number of methoxy groups -OCH3 is 2. The minimum Gasteiger partial charge on any atom is -0.497 e. The summed E-state index contributed by atoms with van der Waals surface area (Å²) in [6, 6.07) is 7.02. The normalized spacial score (nSPS) is 11.9. The SMILES string of the molecule is COC(=O)C(CN(C)Cc1ccc(OC)cc1)NC(C)=O. The van der Waals surface area contributed by atoms with Crippen LogP contribution in [0.1, 0.15) is 12.5 Å². The summed E-state index contributed by atoms with van der Waals surface area (Å²) in [6.07, 6.45) is 0. The Labute approximate surface area is 125 Å². The Hall–Kier alpha value is -2.08. The molecule has 1 rings (SSSR count). The largest absolute Gasteiger partial charge is 0.497 e. The van der Waals surface area contributed by atoms with Crippen LogP contribution in [0.15, 0.2) is 24.3 Å². The van der Waals surface area contributed by atoms with Gasteiger partial charge in [-0.3, -0.25) is 9.69 Å². The Bertz CT molecular complexity index is 473. The van der Waals surface area contributed by atoms with Crippen LogP contribution in [0.25, 0.3) is 0 Å². The lowest BCUT2D eigenvalue weighted by molar-refractivity contribution is -0.145. The number of likely N-dealkylation sites (N-methyl/N-ethyl adjacent to an activating group) is 1. The number of esters is 1. The van der Waals surface area contributed by atoms with Crippen molar-refractivity contribution in [3.05, 3.63) is 29.8 Å². The number of nitrogens with zero attached hydrogens (tertiary/aromatic N) is 1. The molecular formula is C15H22N2O4. The molecule has 0 aliphatic rings. The Morgan fingerprint density at radius 3 is 2.33 bits per heavy atom. The highest BCUT2D eigenvalue weighted by Crippen LogP contribution is 2.12. The molecule has 0 aromatic heterocycles. The molecule has 6 nitrogen and oxygen atoms in total. The first-order valence-corrected chi connectivity index (χ1v) is 6.62. The Balaban J connectivity index is 2.61. The number of hydrogen-bond donors (Lipinski definition) is 1. The zero-order chi connectivity index (χ0) is 15.8. The predicted molar refractivity (Wildman–Crippen MR) is 78.9 cm³/mol. The van der Waals surface area contributed by atoms with Gasteiger partial charge in [0.25, 0.3) is 0 Å². The van der Waals surface area contributed by atoms with Crippen molar-refractivity contribution in [2.45, 2.75) is 19.5 Å². The van der Waals surface area contributed by atoms with Gasteiger partial charge >= 0.3 is 5.97 Å². The number of nitrogens with one attached hydrogen (secondary N) is 1. The molecule has 1 aromatic carbocycles. The summed E-state index contributed by atoms with van der Waals surface area (Å²) in [5, 5.41) is 2.59. The summed E-state index contributed by atoms with van der Waals surface area (Å²) >= 11 is 0. The van der Waals surface area contributed by atoms with Crippen LogP contribution in [0.4, 0.5) is 0 Å². The number of carbonyl (C=O) groups is 2. The van der Waals surface area contributed by atoms with Crippen molar-refractivity contribution < 1.29 is 19.1 Å². The van der Waals surface area contributed by atoms with E-state index in [9.17, 15) is 9.59 Å². The quantitative estimate of drug-likeness (QED) is 0.754. The van der Waals surface area contributed by atoms with E-state index < -0.39 is 12.0 Å². The van der Waals surface area contributed by atoms with Crippen molar-refractivity contribution in [3.63, 3.8) is 0 Å². The van der Waals surface area contributed by atoms with Crippen LogP contribution in [0.5, 0.6) is 5.75 Å². The van der Waals surface area contributed by atoms with Crippen LogP contribution < -0.4 is 10.1 Å². The van der Waals surface area contributed by atoms with Crippen molar-refractivity contribution in [1.29, 1.82) is 0 Å². The summed E-state index contributed by atoms with van der Waals surface area (Å²) in [7, 11) is 4.80. The fourth-order valence-corrected chi connectivity index (χ4v) is 1.99. The lowest BCUT2D eigenvalue weighted by Crippen LogP contribution is -2.47. The van der Waals surface area contributed by atoms with Gasteiger partial charge in [-0.25, -0.2) is 4.79 Å². The van der Waals surface area contributed by atoms with E-state index >= 15 is 0 Å². The summed E-state index contributed by atoms with van der Waals surface area (Å²) in [6.45, 7) is 2.40. The van der Waals surface area contributed by atoms with Gasteiger partial charge in [0.05, 0.1) is 14.2 Å². The van der Waals surface area contributed by atoms with Crippen molar-refractivity contribution in [2.75, 3.05) is 27.8 Å². The number of amides is 1. The molecule has 0 radical (unpaired) electrons. The van der Waals surface area contributed by atoms with Gasteiger partial charge in [0, 0.05) is 20.0 Å². The van der Waals surface area contributed by atoms with E-state index in [1.807, 2.05) is 36.2 Å². The van der Waals surface area contributed by atoms with Gasteiger partial charge in [-0.15, -0.1) is 0 Å². The topological polar surface area (TPSA) is 67.9 Å². The molecule has 1 amide bonds. The first-order valence-electron chi connectivity index (χ1n) is 6.62. The van der Waals surface area contributed by atoms with Gasteiger partial charge in [-0.05, 0) is 24.7 Å². The molecule has 0 saturated heterocycles. The third-order valence-corrected chi connectivity index (χ3v) is 2.97. The summed E-state index contributed by atoms with van der Waals surface area (Å²) in [4.78, 5) is 24.7. The molecule has 0 spiro atoms. The lowest BCUT2D eigenvalue weighted by atomic mass is 10.2. The summed E-state index contributed by atoms with van der Waals surface area (Å²) < 4.78 is 9.80. The summed E-state index contributed by atoms with van der Waals surface area (Å²) in [5.74, 6) is 0.0853. The van der Waals surface area contributed by atoms with E-state index in [0.29, 0.717) is 13.1 Å². The first-order chi connectivity index (χ1) is 9.96. The van der Waals surface area contributed by atoms with E-state index in [0.717, 1.165) is 11.3 Å². The molecule has 1 aromatic rings. The smallest absolute Gasteiger partial charge is 0.329 e. The van der Waals surface area contributed by atoms with Gasteiger partial charge in [0.2, 0.25) is 5.91 Å². The molecule has 1 N–H and O–H groups in total. The van der Waals surface area contributed by atoms with Crippen molar-refractivity contribution >= 4 is 11.9 Å². The van der Waals surface area contributed by atoms with Crippen LogP contribution in [0.2, 0.25) is 0 Å². The lowest BCUT2D eigenvalue weighted by Gasteiger charge is -2.23.